The highest BCUT2D eigenvalue weighted by Gasteiger charge is 2.21. The summed E-state index contributed by atoms with van der Waals surface area (Å²) in [6, 6.07) is 8.55. The van der Waals surface area contributed by atoms with Crippen molar-refractivity contribution in [1.82, 2.24) is 10.3 Å². The maximum atomic E-state index is 5.77. The molecule has 3 rings (SSSR count). The van der Waals surface area contributed by atoms with Crippen LogP contribution in [0.15, 0.2) is 30.5 Å². The molecule has 0 amide bonds. The Bertz CT molecular complexity index is 614. The van der Waals surface area contributed by atoms with Gasteiger partial charge in [0.15, 0.2) is 0 Å². The SMILES string of the molecule is CCC1CN(c2ncc(CNC)c3ccccc23)CCO1. The summed E-state index contributed by atoms with van der Waals surface area (Å²) < 4.78 is 5.77. The van der Waals surface area contributed by atoms with Gasteiger partial charge in [-0.3, -0.25) is 0 Å². The van der Waals surface area contributed by atoms with Crippen molar-refractivity contribution in [2.24, 2.45) is 0 Å². The predicted molar refractivity (Wildman–Crippen MR) is 86.8 cm³/mol. The highest BCUT2D eigenvalue weighted by molar-refractivity contribution is 5.94. The lowest BCUT2D eigenvalue weighted by molar-refractivity contribution is 0.0382. The lowest BCUT2D eigenvalue weighted by Gasteiger charge is -2.34. The third-order valence-electron chi connectivity index (χ3n) is 4.12. The Balaban J connectivity index is 2.01. The first kappa shape index (κ1) is 14.3. The van der Waals surface area contributed by atoms with Crippen molar-refractivity contribution in [3.63, 3.8) is 0 Å². The lowest BCUT2D eigenvalue weighted by Crippen LogP contribution is -2.42. The summed E-state index contributed by atoms with van der Waals surface area (Å²) in [5, 5.41) is 5.74. The van der Waals surface area contributed by atoms with Crippen LogP contribution < -0.4 is 10.2 Å². The Kier molecular flexibility index (Phi) is 4.36. The molecule has 2 heterocycles. The van der Waals surface area contributed by atoms with Crippen molar-refractivity contribution >= 4 is 16.6 Å². The highest BCUT2D eigenvalue weighted by atomic mass is 16.5. The van der Waals surface area contributed by atoms with Crippen LogP contribution in [0.25, 0.3) is 10.8 Å². The van der Waals surface area contributed by atoms with Crippen molar-refractivity contribution in [2.45, 2.75) is 26.0 Å². The van der Waals surface area contributed by atoms with Crippen LogP contribution in [-0.2, 0) is 11.3 Å². The second kappa shape index (κ2) is 6.41. The zero-order chi connectivity index (χ0) is 14.7. The number of hydrogen-bond acceptors (Lipinski definition) is 4. The van der Waals surface area contributed by atoms with Gasteiger partial charge in [0.25, 0.3) is 0 Å². The number of fused-ring (bicyclic) bond motifs is 1. The number of aromatic nitrogens is 1. The zero-order valence-electron chi connectivity index (χ0n) is 12.8. The molecule has 1 atom stereocenters. The van der Waals surface area contributed by atoms with Crippen molar-refractivity contribution < 1.29 is 4.74 Å². The number of ether oxygens (including phenoxy) is 1. The van der Waals surface area contributed by atoms with E-state index in [1.807, 2.05) is 13.2 Å². The Hall–Kier alpha value is -1.65. The average Bonchev–Trinajstić information content (AvgIpc) is 2.55. The van der Waals surface area contributed by atoms with Crippen molar-refractivity contribution in [2.75, 3.05) is 31.6 Å². The standard InChI is InChI=1S/C17H23N3O/c1-3-14-12-20(8-9-21-14)17-16-7-5-4-6-15(16)13(10-18-2)11-19-17/h4-7,11,14,18H,3,8-10,12H2,1-2H3. The van der Waals surface area contributed by atoms with Gasteiger partial charge in [0, 0.05) is 31.2 Å². The van der Waals surface area contributed by atoms with E-state index in [9.17, 15) is 0 Å². The summed E-state index contributed by atoms with van der Waals surface area (Å²) in [4.78, 5) is 7.11. The second-order valence-electron chi connectivity index (χ2n) is 5.53. The molecule has 4 nitrogen and oxygen atoms in total. The first-order valence-corrected chi connectivity index (χ1v) is 7.71. The highest BCUT2D eigenvalue weighted by Crippen LogP contribution is 2.28. The van der Waals surface area contributed by atoms with E-state index < -0.39 is 0 Å². The number of anilines is 1. The largest absolute Gasteiger partial charge is 0.375 e. The Morgan fingerprint density at radius 1 is 1.33 bits per heavy atom. The fraction of sp³-hybridized carbons (Fsp3) is 0.471. The molecule has 1 aromatic heterocycles. The summed E-state index contributed by atoms with van der Waals surface area (Å²) in [5.74, 6) is 1.09. The normalized spacial score (nSPS) is 19.1. The number of hydrogen-bond donors (Lipinski definition) is 1. The van der Waals surface area contributed by atoms with E-state index in [1.54, 1.807) is 0 Å². The van der Waals surface area contributed by atoms with Crippen LogP contribution in [0.4, 0.5) is 5.82 Å². The fourth-order valence-corrected chi connectivity index (χ4v) is 2.98. The van der Waals surface area contributed by atoms with E-state index in [0.29, 0.717) is 6.10 Å². The number of benzene rings is 1. The molecule has 1 saturated heterocycles. The molecule has 1 N–H and O–H groups in total. The predicted octanol–water partition coefficient (Wildman–Crippen LogP) is 2.57. The molecule has 0 saturated carbocycles. The van der Waals surface area contributed by atoms with E-state index in [2.05, 4.69) is 41.4 Å². The number of nitrogens with one attached hydrogen (secondary N) is 1. The average molecular weight is 285 g/mol. The molecule has 1 unspecified atom stereocenters. The van der Waals surface area contributed by atoms with Gasteiger partial charge in [-0.05, 0) is 24.4 Å². The molecule has 0 bridgehead atoms. The van der Waals surface area contributed by atoms with Gasteiger partial charge in [-0.1, -0.05) is 31.2 Å². The third kappa shape index (κ3) is 2.87. The molecule has 1 aliphatic rings. The van der Waals surface area contributed by atoms with Gasteiger partial charge in [0.1, 0.15) is 5.82 Å². The molecule has 1 aliphatic heterocycles. The van der Waals surface area contributed by atoms with Crippen LogP contribution in [0.2, 0.25) is 0 Å². The van der Waals surface area contributed by atoms with Crippen LogP contribution in [0.1, 0.15) is 18.9 Å². The molecule has 0 spiro atoms. The smallest absolute Gasteiger partial charge is 0.136 e. The minimum atomic E-state index is 0.316. The number of nitrogens with zero attached hydrogens (tertiary/aromatic N) is 2. The first-order valence-electron chi connectivity index (χ1n) is 7.71. The molecule has 21 heavy (non-hydrogen) atoms. The van der Waals surface area contributed by atoms with Crippen LogP contribution in [0.5, 0.6) is 0 Å². The number of morpholine rings is 1. The van der Waals surface area contributed by atoms with Crippen molar-refractivity contribution in [3.05, 3.63) is 36.0 Å². The minimum Gasteiger partial charge on any atom is -0.375 e. The van der Waals surface area contributed by atoms with Gasteiger partial charge < -0.3 is 15.0 Å². The number of pyridine rings is 1. The van der Waals surface area contributed by atoms with Gasteiger partial charge in [0.2, 0.25) is 0 Å². The van der Waals surface area contributed by atoms with Crippen LogP contribution in [-0.4, -0.2) is 37.8 Å². The molecule has 1 aromatic carbocycles. The summed E-state index contributed by atoms with van der Waals surface area (Å²) >= 11 is 0. The molecule has 2 aromatic rings. The van der Waals surface area contributed by atoms with Crippen molar-refractivity contribution in [1.29, 1.82) is 0 Å². The monoisotopic (exact) mass is 285 g/mol. The maximum absolute atomic E-state index is 5.77. The summed E-state index contributed by atoms with van der Waals surface area (Å²) in [6.07, 6.45) is 3.37. The Morgan fingerprint density at radius 3 is 2.90 bits per heavy atom. The summed E-state index contributed by atoms with van der Waals surface area (Å²) in [5.41, 5.74) is 1.25. The van der Waals surface area contributed by atoms with Gasteiger partial charge >= 0.3 is 0 Å². The summed E-state index contributed by atoms with van der Waals surface area (Å²) in [6.45, 7) is 5.65. The van der Waals surface area contributed by atoms with E-state index in [0.717, 1.165) is 38.5 Å². The Labute approximate surface area is 126 Å². The summed E-state index contributed by atoms with van der Waals surface area (Å²) in [7, 11) is 1.97. The van der Waals surface area contributed by atoms with Gasteiger partial charge in [-0.25, -0.2) is 4.98 Å². The molecule has 0 aliphatic carbocycles. The first-order chi connectivity index (χ1) is 10.3. The fourth-order valence-electron chi connectivity index (χ4n) is 2.98. The van der Waals surface area contributed by atoms with E-state index in [1.165, 1.54) is 16.3 Å². The third-order valence-corrected chi connectivity index (χ3v) is 4.12. The Morgan fingerprint density at radius 2 is 2.14 bits per heavy atom. The molecular weight excluding hydrogens is 262 g/mol. The lowest BCUT2D eigenvalue weighted by atomic mass is 10.1. The van der Waals surface area contributed by atoms with Gasteiger partial charge in [-0.2, -0.15) is 0 Å². The maximum Gasteiger partial charge on any atom is 0.136 e. The zero-order valence-corrected chi connectivity index (χ0v) is 12.8. The minimum absolute atomic E-state index is 0.316. The molecule has 4 heteroatoms. The quantitative estimate of drug-likeness (QED) is 0.937. The molecule has 0 radical (unpaired) electrons. The van der Waals surface area contributed by atoms with Crippen molar-refractivity contribution in [3.8, 4) is 0 Å². The van der Waals surface area contributed by atoms with Gasteiger partial charge in [0.05, 0.1) is 12.7 Å². The molecule has 112 valence electrons. The van der Waals surface area contributed by atoms with Crippen LogP contribution >= 0.6 is 0 Å². The van der Waals surface area contributed by atoms with Crippen LogP contribution in [0.3, 0.4) is 0 Å². The van der Waals surface area contributed by atoms with Gasteiger partial charge in [-0.15, -0.1) is 0 Å². The van der Waals surface area contributed by atoms with E-state index in [4.69, 9.17) is 9.72 Å². The molecule has 1 fully saturated rings. The van der Waals surface area contributed by atoms with Crippen LogP contribution in [0, 0.1) is 0 Å². The van der Waals surface area contributed by atoms with E-state index >= 15 is 0 Å². The number of rotatable bonds is 4. The molecular formula is C17H23N3O. The van der Waals surface area contributed by atoms with E-state index in [-0.39, 0.29) is 0 Å². The topological polar surface area (TPSA) is 37.4 Å². The second-order valence-corrected chi connectivity index (χ2v) is 5.53.